The van der Waals surface area contributed by atoms with Crippen molar-refractivity contribution in [2.24, 2.45) is 0 Å². The molecule has 0 bridgehead atoms. The summed E-state index contributed by atoms with van der Waals surface area (Å²) in [6.07, 6.45) is 30.6. The zero-order valence-electron chi connectivity index (χ0n) is 23.2. The topological polar surface area (TPSA) is 77.8 Å². The van der Waals surface area contributed by atoms with E-state index in [1.807, 2.05) is 6.08 Å². The van der Waals surface area contributed by atoms with E-state index in [9.17, 15) is 15.0 Å². The molecule has 0 fully saturated rings. The van der Waals surface area contributed by atoms with E-state index >= 15 is 0 Å². The van der Waals surface area contributed by atoms with Crippen molar-refractivity contribution in [3.8, 4) is 36.0 Å². The Kier molecular flexibility index (Phi) is 27.0. The van der Waals surface area contributed by atoms with Crippen LogP contribution < -0.4 is 0 Å². The summed E-state index contributed by atoms with van der Waals surface area (Å²) in [5.74, 6) is 12.9. The lowest BCUT2D eigenvalue weighted by Gasteiger charge is -2.04. The highest BCUT2D eigenvalue weighted by Crippen LogP contribution is 2.14. The second-order valence-corrected chi connectivity index (χ2v) is 9.91. The number of hydrogen-bond donors (Lipinski definition) is 3. The van der Waals surface area contributed by atoms with E-state index in [0.717, 1.165) is 57.8 Å². The molecular formula is C33H52O4. The first-order valence-corrected chi connectivity index (χ1v) is 14.7. The maximum atomic E-state index is 12.1. The number of unbranched alkanes of at least 4 members (excludes halogenated alkanes) is 16. The molecule has 0 saturated heterocycles. The molecule has 37 heavy (non-hydrogen) atoms. The fourth-order valence-corrected chi connectivity index (χ4v) is 4.22. The van der Waals surface area contributed by atoms with Gasteiger partial charge in [-0.2, -0.15) is 0 Å². The third-order valence-corrected chi connectivity index (χ3v) is 6.47. The fourth-order valence-electron chi connectivity index (χ4n) is 4.22. The molecule has 0 heterocycles. The van der Waals surface area contributed by atoms with E-state index in [2.05, 4.69) is 29.6 Å². The Morgan fingerprint density at radius 1 is 0.703 bits per heavy atom. The van der Waals surface area contributed by atoms with Gasteiger partial charge in [0.05, 0.1) is 0 Å². The van der Waals surface area contributed by atoms with Crippen molar-refractivity contribution in [3.05, 3.63) is 12.2 Å². The van der Waals surface area contributed by atoms with Crippen molar-refractivity contribution in [2.45, 2.75) is 147 Å². The molecule has 0 aliphatic carbocycles. The van der Waals surface area contributed by atoms with Crippen LogP contribution in [0.15, 0.2) is 12.2 Å². The minimum Gasteiger partial charge on any atom is -0.384 e. The summed E-state index contributed by atoms with van der Waals surface area (Å²) < 4.78 is 0. The zero-order valence-corrected chi connectivity index (χ0v) is 23.2. The van der Waals surface area contributed by atoms with Crippen molar-refractivity contribution in [1.29, 1.82) is 0 Å². The Hall–Kier alpha value is -2.03. The third-order valence-electron chi connectivity index (χ3n) is 6.47. The average Bonchev–Trinajstić information content (AvgIpc) is 2.90. The molecule has 0 aromatic carbocycles. The fraction of sp³-hybridized carbons (Fsp3) is 0.727. The maximum Gasteiger partial charge on any atom is 0.133 e. The SMILES string of the molecule is C#CC(O)/C=C/CCCCCCCCCCC(=O)CCCCCCCCCCCC(O)C#CC#CCO. The molecule has 3 N–H and O–H groups in total. The van der Waals surface area contributed by atoms with Crippen LogP contribution in [0.2, 0.25) is 0 Å². The summed E-state index contributed by atoms with van der Waals surface area (Å²) in [5.41, 5.74) is 0. The van der Waals surface area contributed by atoms with Gasteiger partial charge in [-0.15, -0.1) is 6.42 Å². The molecule has 0 amide bonds. The molecule has 4 heteroatoms. The molecule has 4 nitrogen and oxygen atoms in total. The maximum absolute atomic E-state index is 12.1. The van der Waals surface area contributed by atoms with Crippen LogP contribution in [0, 0.1) is 36.0 Å². The van der Waals surface area contributed by atoms with Crippen LogP contribution in [0.5, 0.6) is 0 Å². The number of carbonyl (C=O) groups excluding carboxylic acids is 1. The Balaban J connectivity index is 3.32. The first-order valence-electron chi connectivity index (χ1n) is 14.7. The highest BCUT2D eigenvalue weighted by Gasteiger charge is 2.02. The summed E-state index contributed by atoms with van der Waals surface area (Å²) in [7, 11) is 0. The van der Waals surface area contributed by atoms with Crippen LogP contribution in [-0.2, 0) is 4.79 Å². The lowest BCUT2D eigenvalue weighted by molar-refractivity contribution is -0.119. The van der Waals surface area contributed by atoms with E-state index in [-0.39, 0.29) is 6.61 Å². The first-order chi connectivity index (χ1) is 18.1. The second-order valence-electron chi connectivity index (χ2n) is 9.91. The van der Waals surface area contributed by atoms with Crippen molar-refractivity contribution >= 4 is 5.78 Å². The smallest absolute Gasteiger partial charge is 0.133 e. The number of Topliss-reactive ketones (excluding diaryl/α,β-unsaturated/α-hetero) is 1. The molecule has 0 aliphatic heterocycles. The predicted octanol–water partition coefficient (Wildman–Crippen LogP) is 6.66. The summed E-state index contributed by atoms with van der Waals surface area (Å²) in [5, 5.41) is 27.5. The molecular weight excluding hydrogens is 460 g/mol. The van der Waals surface area contributed by atoms with Crippen LogP contribution >= 0.6 is 0 Å². The Morgan fingerprint density at radius 3 is 1.70 bits per heavy atom. The van der Waals surface area contributed by atoms with E-state index in [4.69, 9.17) is 11.5 Å². The monoisotopic (exact) mass is 512 g/mol. The molecule has 2 unspecified atom stereocenters. The van der Waals surface area contributed by atoms with Gasteiger partial charge in [0, 0.05) is 12.8 Å². The molecule has 208 valence electrons. The molecule has 0 aromatic heterocycles. The lowest BCUT2D eigenvalue weighted by Crippen LogP contribution is -2.02. The van der Waals surface area contributed by atoms with Crippen molar-refractivity contribution in [3.63, 3.8) is 0 Å². The number of terminal acetylenes is 1. The largest absolute Gasteiger partial charge is 0.384 e. The van der Waals surface area contributed by atoms with Gasteiger partial charge in [-0.25, -0.2) is 0 Å². The second kappa shape index (κ2) is 28.5. The summed E-state index contributed by atoms with van der Waals surface area (Å²) in [4.78, 5) is 12.1. The highest BCUT2D eigenvalue weighted by atomic mass is 16.3. The van der Waals surface area contributed by atoms with Crippen LogP contribution in [0.3, 0.4) is 0 Å². The van der Waals surface area contributed by atoms with E-state index in [1.165, 1.54) is 70.6 Å². The molecule has 0 saturated carbocycles. The Morgan fingerprint density at radius 2 is 1.19 bits per heavy atom. The van der Waals surface area contributed by atoms with Gasteiger partial charge in [0.25, 0.3) is 0 Å². The van der Waals surface area contributed by atoms with Crippen LogP contribution in [-0.4, -0.2) is 39.9 Å². The molecule has 0 aromatic rings. The van der Waals surface area contributed by atoms with E-state index in [1.54, 1.807) is 6.08 Å². The van der Waals surface area contributed by atoms with Gasteiger partial charge in [0.1, 0.15) is 24.6 Å². The number of allylic oxidation sites excluding steroid dienone is 1. The van der Waals surface area contributed by atoms with Crippen LogP contribution in [0.4, 0.5) is 0 Å². The quantitative estimate of drug-likeness (QED) is 0.0768. The van der Waals surface area contributed by atoms with Gasteiger partial charge >= 0.3 is 0 Å². The predicted molar refractivity (Wildman–Crippen MR) is 155 cm³/mol. The molecule has 0 spiro atoms. The number of rotatable bonds is 24. The van der Waals surface area contributed by atoms with E-state index in [0.29, 0.717) is 12.2 Å². The van der Waals surface area contributed by atoms with Gasteiger partial charge in [0.15, 0.2) is 0 Å². The number of aliphatic hydroxyl groups is 3. The highest BCUT2D eigenvalue weighted by molar-refractivity contribution is 5.78. The number of ketones is 1. The molecule has 2 atom stereocenters. The summed E-state index contributed by atoms with van der Waals surface area (Å²) in [6.45, 7) is -0.200. The number of hydrogen-bond acceptors (Lipinski definition) is 4. The van der Waals surface area contributed by atoms with Gasteiger partial charge < -0.3 is 15.3 Å². The van der Waals surface area contributed by atoms with Crippen LogP contribution in [0.1, 0.15) is 135 Å². The molecule has 0 radical (unpaired) electrons. The van der Waals surface area contributed by atoms with Crippen molar-refractivity contribution in [1.82, 2.24) is 0 Å². The van der Waals surface area contributed by atoms with Gasteiger partial charge in [-0.1, -0.05) is 107 Å². The third kappa shape index (κ3) is 28.4. The normalized spacial score (nSPS) is 12.3. The zero-order chi connectivity index (χ0) is 27.2. The van der Waals surface area contributed by atoms with E-state index < -0.39 is 12.2 Å². The lowest BCUT2D eigenvalue weighted by atomic mass is 10.0. The first kappa shape index (κ1) is 35.0. The Labute approximate surface area is 227 Å². The van der Waals surface area contributed by atoms with Crippen molar-refractivity contribution < 1.29 is 20.1 Å². The number of carbonyl (C=O) groups is 1. The van der Waals surface area contributed by atoms with Gasteiger partial charge in [-0.3, -0.25) is 4.79 Å². The van der Waals surface area contributed by atoms with Gasteiger partial charge in [-0.05, 0) is 56.4 Å². The number of aliphatic hydroxyl groups excluding tert-OH is 3. The standard InChI is InChI=1S/C33H52O4/c1-2-31(35)25-19-14-10-6-3-4-7-11-15-20-26-32(36)27-21-16-12-8-5-9-13-17-22-28-33(37)29-23-18-24-30-34/h1,19,25,31,33-35,37H,3-17,20-22,26-28,30H2/b25-19+. The van der Waals surface area contributed by atoms with Crippen molar-refractivity contribution in [2.75, 3.05) is 6.61 Å². The van der Waals surface area contributed by atoms with Crippen LogP contribution in [0.25, 0.3) is 0 Å². The minimum absolute atomic E-state index is 0.200. The summed E-state index contributed by atoms with van der Waals surface area (Å²) >= 11 is 0. The minimum atomic E-state index is -0.746. The molecule has 0 rings (SSSR count). The molecule has 0 aliphatic rings. The summed E-state index contributed by atoms with van der Waals surface area (Å²) in [6, 6.07) is 0. The average molecular weight is 513 g/mol. The Bertz CT molecular complexity index is 725. The van der Waals surface area contributed by atoms with Gasteiger partial charge in [0.2, 0.25) is 0 Å².